The van der Waals surface area contributed by atoms with Crippen molar-refractivity contribution in [2.45, 2.75) is 52.1 Å². The van der Waals surface area contributed by atoms with Gasteiger partial charge in [0.15, 0.2) is 0 Å². The second-order valence-corrected chi connectivity index (χ2v) is 6.61. The third-order valence-corrected chi connectivity index (χ3v) is 3.08. The van der Waals surface area contributed by atoms with Crippen LogP contribution < -0.4 is 15.7 Å². The Hall–Kier alpha value is -1.73. The summed E-state index contributed by atoms with van der Waals surface area (Å²) in [6.07, 6.45) is 0.623. The lowest BCUT2D eigenvalue weighted by Crippen LogP contribution is -2.43. The van der Waals surface area contributed by atoms with Crippen LogP contribution in [0.1, 0.15) is 32.8 Å². The highest BCUT2D eigenvalue weighted by Gasteiger charge is 2.23. The van der Waals surface area contributed by atoms with Crippen molar-refractivity contribution in [3.8, 4) is 5.75 Å². The minimum atomic E-state index is -0.741. The Morgan fingerprint density at radius 3 is 2.61 bits per heavy atom. The highest BCUT2D eigenvalue weighted by molar-refractivity contribution is 6.45. The van der Waals surface area contributed by atoms with Crippen LogP contribution in [0.15, 0.2) is 18.2 Å². The summed E-state index contributed by atoms with van der Waals surface area (Å²) >= 11 is 0. The molecule has 1 aromatic rings. The number of nitrogen functional groups attached to an aromatic ring is 1. The van der Waals surface area contributed by atoms with Gasteiger partial charge in [-0.05, 0) is 57.8 Å². The fourth-order valence-corrected chi connectivity index (χ4v) is 2.34. The normalized spacial score (nSPS) is 12.6. The predicted octanol–water partition coefficient (Wildman–Crippen LogP) is 1.62. The van der Waals surface area contributed by atoms with E-state index in [-0.39, 0.29) is 18.4 Å². The maximum absolute atomic E-state index is 12.1. The number of benzene rings is 1. The number of nitrogens with two attached hydrogens (primary N) is 1. The number of hydrogen-bond donors (Lipinski definition) is 3. The first-order valence-corrected chi connectivity index (χ1v) is 7.69. The van der Waals surface area contributed by atoms with Crippen molar-refractivity contribution in [2.24, 2.45) is 0 Å². The minimum absolute atomic E-state index is 0.139. The summed E-state index contributed by atoms with van der Waals surface area (Å²) < 4.78 is 10.7. The van der Waals surface area contributed by atoms with Crippen molar-refractivity contribution in [1.29, 1.82) is 0 Å². The van der Waals surface area contributed by atoms with Gasteiger partial charge in [0.05, 0.1) is 13.5 Å². The van der Waals surface area contributed by atoms with Crippen LogP contribution in [0.25, 0.3) is 0 Å². The fourth-order valence-electron chi connectivity index (χ4n) is 2.34. The molecule has 0 aliphatic carbocycles. The highest BCUT2D eigenvalue weighted by Crippen LogP contribution is 2.23. The SMILES string of the molecule is COc1ccc(N)cc1C[C@@H](CC(=O)OC(C)(C)C)NB(C)O. The zero-order chi connectivity index (χ0) is 17.6. The summed E-state index contributed by atoms with van der Waals surface area (Å²) in [7, 11) is 0.842. The number of carbonyl (C=O) groups excluding carboxylic acids is 1. The molecule has 6 nitrogen and oxygen atoms in total. The number of hydrogen-bond acceptors (Lipinski definition) is 6. The lowest BCUT2D eigenvalue weighted by atomic mass is 9.85. The van der Waals surface area contributed by atoms with Gasteiger partial charge in [-0.3, -0.25) is 4.79 Å². The lowest BCUT2D eigenvalue weighted by Gasteiger charge is -2.24. The van der Waals surface area contributed by atoms with Crippen molar-refractivity contribution >= 4 is 18.7 Å². The zero-order valence-electron chi connectivity index (χ0n) is 14.6. The average Bonchev–Trinajstić information content (AvgIpc) is 2.35. The van der Waals surface area contributed by atoms with Crippen LogP contribution in [0.4, 0.5) is 5.69 Å². The first-order chi connectivity index (χ1) is 10.6. The summed E-state index contributed by atoms with van der Waals surface area (Å²) in [5.41, 5.74) is 6.78. The van der Waals surface area contributed by atoms with Crippen LogP contribution >= 0.6 is 0 Å². The van der Waals surface area contributed by atoms with Gasteiger partial charge in [-0.2, -0.15) is 0 Å². The van der Waals surface area contributed by atoms with Gasteiger partial charge in [-0.1, -0.05) is 0 Å². The van der Waals surface area contributed by atoms with E-state index in [1.54, 1.807) is 26.1 Å². The van der Waals surface area contributed by atoms with Gasteiger partial charge in [-0.25, -0.2) is 0 Å². The molecule has 0 saturated heterocycles. The third kappa shape index (κ3) is 7.39. The van der Waals surface area contributed by atoms with Gasteiger partial charge < -0.3 is 25.5 Å². The van der Waals surface area contributed by atoms with Crippen LogP contribution in [0.3, 0.4) is 0 Å². The Morgan fingerprint density at radius 1 is 1.43 bits per heavy atom. The predicted molar refractivity (Wildman–Crippen MR) is 92.3 cm³/mol. The zero-order valence-corrected chi connectivity index (χ0v) is 14.6. The van der Waals surface area contributed by atoms with Crippen molar-refractivity contribution in [1.82, 2.24) is 5.23 Å². The molecule has 0 saturated carbocycles. The Morgan fingerprint density at radius 2 is 2.09 bits per heavy atom. The molecule has 128 valence electrons. The number of carbonyl (C=O) groups is 1. The number of rotatable bonds is 7. The summed E-state index contributed by atoms with van der Waals surface area (Å²) in [5.74, 6) is 0.374. The molecule has 0 unspecified atom stereocenters. The molecule has 0 bridgehead atoms. The van der Waals surface area contributed by atoms with E-state index in [9.17, 15) is 9.82 Å². The Balaban J connectivity index is 2.86. The molecular formula is C16H27BN2O4. The van der Waals surface area contributed by atoms with Crippen LogP contribution in [-0.4, -0.2) is 36.8 Å². The smallest absolute Gasteiger partial charge is 0.373 e. The molecule has 0 spiro atoms. The van der Waals surface area contributed by atoms with E-state index in [1.165, 1.54) is 0 Å². The van der Waals surface area contributed by atoms with Gasteiger partial charge in [0.2, 0.25) is 0 Å². The van der Waals surface area contributed by atoms with E-state index >= 15 is 0 Å². The van der Waals surface area contributed by atoms with Gasteiger partial charge in [0.25, 0.3) is 0 Å². The Bertz CT molecular complexity index is 529. The second kappa shape index (κ2) is 8.22. The molecule has 0 radical (unpaired) electrons. The number of ether oxygens (including phenoxy) is 2. The second-order valence-electron chi connectivity index (χ2n) is 6.61. The first kappa shape index (κ1) is 19.3. The topological polar surface area (TPSA) is 93.8 Å². The van der Waals surface area contributed by atoms with Gasteiger partial charge in [0.1, 0.15) is 11.4 Å². The van der Waals surface area contributed by atoms with Gasteiger partial charge >= 0.3 is 13.0 Å². The molecule has 4 N–H and O–H groups in total. The summed E-state index contributed by atoms with van der Waals surface area (Å²) in [5, 5.41) is 12.6. The average molecular weight is 322 g/mol. The van der Waals surface area contributed by atoms with Crippen LogP contribution in [0, 0.1) is 0 Å². The van der Waals surface area contributed by atoms with E-state index in [2.05, 4.69) is 5.23 Å². The summed E-state index contributed by atoms with van der Waals surface area (Å²) in [6, 6.07) is 5.07. The Labute approximate surface area is 138 Å². The molecule has 7 heteroatoms. The molecular weight excluding hydrogens is 295 g/mol. The summed E-state index contributed by atoms with van der Waals surface area (Å²) in [4.78, 5) is 12.1. The molecule has 0 amide bonds. The van der Waals surface area contributed by atoms with Gasteiger partial charge in [-0.15, -0.1) is 0 Å². The van der Waals surface area contributed by atoms with Crippen molar-refractivity contribution in [3.05, 3.63) is 23.8 Å². The molecule has 23 heavy (non-hydrogen) atoms. The van der Waals surface area contributed by atoms with Crippen molar-refractivity contribution in [3.63, 3.8) is 0 Å². The number of anilines is 1. The van der Waals surface area contributed by atoms with Gasteiger partial charge in [0, 0.05) is 11.7 Å². The quantitative estimate of drug-likeness (QED) is 0.401. The van der Waals surface area contributed by atoms with Crippen molar-refractivity contribution in [2.75, 3.05) is 12.8 Å². The molecule has 0 aliphatic rings. The Kier molecular flexibility index (Phi) is 6.90. The third-order valence-electron chi connectivity index (χ3n) is 3.08. The van der Waals surface area contributed by atoms with E-state index < -0.39 is 12.7 Å². The first-order valence-electron chi connectivity index (χ1n) is 7.69. The standard InChI is InChI=1S/C16H27BN2O4/c1-16(2,3)23-15(20)10-13(19-17(4)21)9-11-8-12(18)6-7-14(11)22-5/h6-8,13,19,21H,9-10,18H2,1-5H3/t13-/m0/s1. The van der Waals surface area contributed by atoms with Crippen LogP contribution in [-0.2, 0) is 16.0 Å². The van der Waals surface area contributed by atoms with Crippen molar-refractivity contribution < 1.29 is 19.3 Å². The molecule has 0 fully saturated rings. The molecule has 0 aromatic heterocycles. The molecule has 1 aromatic carbocycles. The molecule has 1 rings (SSSR count). The van der Waals surface area contributed by atoms with Crippen LogP contribution in [0.2, 0.25) is 6.82 Å². The molecule has 1 atom stereocenters. The number of esters is 1. The molecule has 0 heterocycles. The maximum atomic E-state index is 12.1. The monoisotopic (exact) mass is 322 g/mol. The van der Waals surface area contributed by atoms with E-state index in [0.717, 1.165) is 5.56 Å². The fraction of sp³-hybridized carbons (Fsp3) is 0.562. The largest absolute Gasteiger partial charge is 0.496 e. The highest BCUT2D eigenvalue weighted by atomic mass is 16.6. The van der Waals surface area contributed by atoms with E-state index in [4.69, 9.17) is 15.2 Å². The summed E-state index contributed by atoms with van der Waals surface area (Å²) in [6.45, 7) is 7.08. The van der Waals surface area contributed by atoms with E-state index in [1.807, 2.05) is 26.8 Å². The van der Waals surface area contributed by atoms with E-state index in [0.29, 0.717) is 17.9 Å². The molecule has 0 aliphatic heterocycles. The maximum Gasteiger partial charge on any atom is 0.373 e. The minimum Gasteiger partial charge on any atom is -0.496 e. The van der Waals surface area contributed by atoms with Crippen LogP contribution in [0.5, 0.6) is 5.75 Å². The number of methoxy groups -OCH3 is 1. The number of nitrogens with one attached hydrogen (secondary N) is 1. The lowest BCUT2D eigenvalue weighted by molar-refractivity contribution is -0.155.